The summed E-state index contributed by atoms with van der Waals surface area (Å²) in [5, 5.41) is 13.5. The lowest BCUT2D eigenvalue weighted by Gasteiger charge is -2.29. The zero-order chi connectivity index (χ0) is 31.5. The molecule has 0 aromatic rings. The number of aliphatic hydroxyl groups is 1. The Hall–Kier alpha value is -0.760. The van der Waals surface area contributed by atoms with Gasteiger partial charge in [-0.05, 0) is 19.3 Å². The molecule has 8 nitrogen and oxygen atoms in total. The third kappa shape index (κ3) is 28.0. The monoisotopic (exact) mass is 618 g/mol. The van der Waals surface area contributed by atoms with Crippen molar-refractivity contribution in [3.8, 4) is 0 Å². The largest absolute Gasteiger partial charge is 0.756 e. The van der Waals surface area contributed by atoms with Crippen molar-refractivity contribution in [3.05, 3.63) is 12.2 Å². The SMILES string of the molecule is CCCCCC/C=C/C(O)C(COP(=O)([O-])OCC[N+](C)(C)C)NC(=O)CCCCCCCCCCCCCCCC. The highest BCUT2D eigenvalue weighted by Gasteiger charge is 2.23. The van der Waals surface area contributed by atoms with Gasteiger partial charge in [0.15, 0.2) is 0 Å². The summed E-state index contributed by atoms with van der Waals surface area (Å²) in [6, 6.07) is -0.875. The average Bonchev–Trinajstić information content (AvgIpc) is 2.92. The Morgan fingerprint density at radius 1 is 0.810 bits per heavy atom. The number of amides is 1. The molecule has 0 fully saturated rings. The molecule has 0 saturated carbocycles. The topological polar surface area (TPSA) is 108 Å². The second-order valence-electron chi connectivity index (χ2n) is 12.9. The fourth-order valence-electron chi connectivity index (χ4n) is 4.68. The Kier molecular flexibility index (Phi) is 26.1. The molecule has 0 aliphatic heterocycles. The number of unbranched alkanes of at least 4 members (excludes halogenated alkanes) is 17. The van der Waals surface area contributed by atoms with E-state index in [9.17, 15) is 19.4 Å². The molecule has 0 aromatic carbocycles. The molecule has 1 amide bonds. The first-order chi connectivity index (χ1) is 20.0. The van der Waals surface area contributed by atoms with E-state index >= 15 is 0 Å². The molecule has 0 aliphatic rings. The van der Waals surface area contributed by atoms with Crippen LogP contribution in [0.2, 0.25) is 0 Å². The maximum atomic E-state index is 12.6. The lowest BCUT2D eigenvalue weighted by Crippen LogP contribution is -2.45. The van der Waals surface area contributed by atoms with Gasteiger partial charge < -0.3 is 28.8 Å². The molecule has 0 bridgehead atoms. The van der Waals surface area contributed by atoms with E-state index in [1.54, 1.807) is 6.08 Å². The van der Waals surface area contributed by atoms with Gasteiger partial charge in [-0.3, -0.25) is 9.36 Å². The zero-order valence-electron chi connectivity index (χ0n) is 28.0. The number of aliphatic hydroxyl groups excluding tert-OH is 1. The van der Waals surface area contributed by atoms with Gasteiger partial charge in [0, 0.05) is 6.42 Å². The summed E-state index contributed by atoms with van der Waals surface area (Å²) in [4.78, 5) is 24.9. The molecule has 3 atom stereocenters. The van der Waals surface area contributed by atoms with Gasteiger partial charge in [0.1, 0.15) is 13.2 Å². The third-order valence-electron chi connectivity index (χ3n) is 7.50. The van der Waals surface area contributed by atoms with Gasteiger partial charge in [0.2, 0.25) is 5.91 Å². The minimum Gasteiger partial charge on any atom is -0.756 e. The van der Waals surface area contributed by atoms with E-state index < -0.39 is 20.0 Å². The Morgan fingerprint density at radius 3 is 1.79 bits per heavy atom. The van der Waals surface area contributed by atoms with Crippen molar-refractivity contribution in [1.29, 1.82) is 0 Å². The molecular weight excluding hydrogens is 551 g/mol. The van der Waals surface area contributed by atoms with E-state index in [2.05, 4.69) is 19.2 Å². The van der Waals surface area contributed by atoms with Crippen LogP contribution in [-0.2, 0) is 18.4 Å². The molecule has 42 heavy (non-hydrogen) atoms. The van der Waals surface area contributed by atoms with Crippen LogP contribution >= 0.6 is 7.82 Å². The molecule has 250 valence electrons. The molecule has 0 heterocycles. The molecule has 0 aliphatic carbocycles. The maximum Gasteiger partial charge on any atom is 0.268 e. The second-order valence-corrected chi connectivity index (χ2v) is 14.3. The number of phosphoric acid groups is 1. The Labute approximate surface area is 259 Å². The first kappa shape index (κ1) is 41.2. The molecule has 0 saturated heterocycles. The number of nitrogens with one attached hydrogen (secondary N) is 1. The van der Waals surface area contributed by atoms with Gasteiger partial charge in [-0.1, -0.05) is 129 Å². The summed E-state index contributed by atoms with van der Waals surface area (Å²) < 4.78 is 22.9. The van der Waals surface area contributed by atoms with E-state index in [0.29, 0.717) is 17.4 Å². The summed E-state index contributed by atoms with van der Waals surface area (Å²) in [6.45, 7) is 4.54. The number of phosphoric ester groups is 1. The van der Waals surface area contributed by atoms with Crippen LogP contribution < -0.4 is 10.2 Å². The molecule has 0 aromatic heterocycles. The summed E-state index contributed by atoms with van der Waals surface area (Å²) in [7, 11) is 1.26. The normalized spacial score (nSPS) is 15.1. The number of quaternary nitrogens is 1. The van der Waals surface area contributed by atoms with Crippen LogP contribution in [0.15, 0.2) is 12.2 Å². The minimum atomic E-state index is -4.56. The first-order valence-electron chi connectivity index (χ1n) is 17.1. The van der Waals surface area contributed by atoms with Crippen molar-refractivity contribution >= 4 is 13.7 Å². The molecule has 0 spiro atoms. The number of nitrogens with zero attached hydrogens (tertiary/aromatic N) is 1. The summed E-state index contributed by atoms with van der Waals surface area (Å²) in [6.07, 6.45) is 25.6. The van der Waals surface area contributed by atoms with Gasteiger partial charge in [-0.2, -0.15) is 0 Å². The maximum absolute atomic E-state index is 12.6. The van der Waals surface area contributed by atoms with Crippen molar-refractivity contribution in [2.24, 2.45) is 0 Å². The fourth-order valence-corrected chi connectivity index (χ4v) is 5.40. The Morgan fingerprint density at radius 2 is 1.29 bits per heavy atom. The molecule has 3 unspecified atom stereocenters. The smallest absolute Gasteiger partial charge is 0.268 e. The van der Waals surface area contributed by atoms with E-state index in [0.717, 1.165) is 44.9 Å². The Balaban J connectivity index is 4.42. The molecule has 9 heteroatoms. The number of carbonyl (C=O) groups is 1. The lowest BCUT2D eigenvalue weighted by atomic mass is 10.0. The molecular formula is C33H67N2O6P. The van der Waals surface area contributed by atoms with Gasteiger partial charge in [0.05, 0.1) is 39.9 Å². The zero-order valence-corrected chi connectivity index (χ0v) is 28.9. The highest BCUT2D eigenvalue weighted by molar-refractivity contribution is 7.45. The quantitative estimate of drug-likeness (QED) is 0.0375. The van der Waals surface area contributed by atoms with Gasteiger partial charge in [0.25, 0.3) is 7.82 Å². The third-order valence-corrected chi connectivity index (χ3v) is 8.46. The number of allylic oxidation sites excluding steroid dienone is 1. The van der Waals surface area contributed by atoms with Gasteiger partial charge in [-0.15, -0.1) is 0 Å². The van der Waals surface area contributed by atoms with Crippen LogP contribution in [0, 0.1) is 0 Å². The number of hydrogen-bond acceptors (Lipinski definition) is 6. The van der Waals surface area contributed by atoms with Crippen molar-refractivity contribution in [3.63, 3.8) is 0 Å². The number of rotatable bonds is 30. The fraction of sp³-hybridized carbons (Fsp3) is 0.909. The van der Waals surface area contributed by atoms with Gasteiger partial charge in [-0.25, -0.2) is 0 Å². The predicted octanol–water partition coefficient (Wildman–Crippen LogP) is 7.44. The van der Waals surface area contributed by atoms with Crippen LogP contribution in [0.25, 0.3) is 0 Å². The molecule has 0 rings (SSSR count). The number of likely N-dealkylation sites (N-methyl/N-ethyl adjacent to an activating group) is 1. The highest BCUT2D eigenvalue weighted by atomic mass is 31.2. The predicted molar refractivity (Wildman–Crippen MR) is 173 cm³/mol. The standard InChI is InChI=1S/C33H67N2O6P/c1-6-8-10-12-14-15-16-17-18-19-20-21-23-25-27-33(37)34-31(32(36)26-24-22-13-11-9-7-2)30-41-42(38,39)40-29-28-35(3,4)5/h24,26,31-32,36H,6-23,25,27-30H2,1-5H3,(H-,34,37,38,39)/b26-24+. The van der Waals surface area contributed by atoms with E-state index in [4.69, 9.17) is 9.05 Å². The summed E-state index contributed by atoms with van der Waals surface area (Å²) >= 11 is 0. The van der Waals surface area contributed by atoms with Crippen LogP contribution in [0.5, 0.6) is 0 Å². The van der Waals surface area contributed by atoms with Crippen LogP contribution in [0.3, 0.4) is 0 Å². The van der Waals surface area contributed by atoms with Crippen molar-refractivity contribution < 1.29 is 32.9 Å². The van der Waals surface area contributed by atoms with Crippen molar-refractivity contribution in [2.75, 3.05) is 40.9 Å². The number of carbonyl (C=O) groups excluding carboxylic acids is 1. The van der Waals surface area contributed by atoms with Crippen LogP contribution in [-0.4, -0.2) is 68.5 Å². The van der Waals surface area contributed by atoms with Crippen LogP contribution in [0.1, 0.15) is 142 Å². The van der Waals surface area contributed by atoms with E-state index in [1.807, 2.05) is 27.2 Å². The van der Waals surface area contributed by atoms with E-state index in [-0.39, 0.29) is 19.1 Å². The lowest BCUT2D eigenvalue weighted by molar-refractivity contribution is -0.870. The number of hydrogen-bond donors (Lipinski definition) is 2. The van der Waals surface area contributed by atoms with Crippen molar-refractivity contribution in [1.82, 2.24) is 5.32 Å². The molecule has 0 radical (unpaired) electrons. The molecule has 2 N–H and O–H groups in total. The highest BCUT2D eigenvalue weighted by Crippen LogP contribution is 2.38. The van der Waals surface area contributed by atoms with Crippen LogP contribution in [0.4, 0.5) is 0 Å². The first-order valence-corrected chi connectivity index (χ1v) is 18.5. The summed E-state index contributed by atoms with van der Waals surface area (Å²) in [5.74, 6) is -0.204. The van der Waals surface area contributed by atoms with E-state index in [1.165, 1.54) is 77.0 Å². The average molecular weight is 619 g/mol. The second kappa shape index (κ2) is 26.6. The minimum absolute atomic E-state index is 0.000640. The van der Waals surface area contributed by atoms with Gasteiger partial charge >= 0.3 is 0 Å². The summed E-state index contributed by atoms with van der Waals surface area (Å²) in [5.41, 5.74) is 0. The Bertz CT molecular complexity index is 713. The van der Waals surface area contributed by atoms with Crippen molar-refractivity contribution in [2.45, 2.75) is 154 Å².